The molecule has 6 heteroatoms. The first kappa shape index (κ1) is 14.7. The summed E-state index contributed by atoms with van der Waals surface area (Å²) < 4.78 is 0. The number of rotatable bonds is 2. The maximum absolute atomic E-state index is 11.9. The Hall–Kier alpha value is -1.66. The third-order valence-corrected chi connectivity index (χ3v) is 3.68. The van der Waals surface area contributed by atoms with E-state index in [0.717, 1.165) is 0 Å². The molecule has 0 aliphatic heterocycles. The van der Waals surface area contributed by atoms with Crippen LogP contribution < -0.4 is 5.32 Å². The number of allylic oxidation sites excluding steroid dienone is 2. The van der Waals surface area contributed by atoms with Crippen LogP contribution >= 0.6 is 11.3 Å². The molecule has 2 rings (SSSR count). The van der Waals surface area contributed by atoms with Crippen LogP contribution in [0.5, 0.6) is 0 Å². The van der Waals surface area contributed by atoms with Crippen LogP contribution in [0, 0.1) is 5.41 Å². The van der Waals surface area contributed by atoms with Gasteiger partial charge in [-0.1, -0.05) is 26.8 Å². The number of anilines is 1. The molecule has 0 aromatic carbocycles. The zero-order valence-electron chi connectivity index (χ0n) is 11.7. The number of carbonyl (C=O) groups excluding carboxylic acids is 1. The van der Waals surface area contributed by atoms with Crippen molar-refractivity contribution in [2.75, 3.05) is 5.32 Å². The molecule has 108 valence electrons. The summed E-state index contributed by atoms with van der Waals surface area (Å²) in [5, 5.41) is 24.3. The average molecular weight is 294 g/mol. The van der Waals surface area contributed by atoms with Gasteiger partial charge in [0.05, 0.1) is 17.6 Å². The maximum atomic E-state index is 11.9. The van der Waals surface area contributed by atoms with Crippen LogP contribution in [0.15, 0.2) is 23.3 Å². The van der Waals surface area contributed by atoms with Crippen molar-refractivity contribution >= 4 is 27.9 Å². The lowest BCUT2D eigenvalue weighted by Gasteiger charge is -2.17. The van der Waals surface area contributed by atoms with Gasteiger partial charge in [0.15, 0.2) is 5.13 Å². The Labute approximate surface area is 121 Å². The van der Waals surface area contributed by atoms with E-state index in [9.17, 15) is 15.0 Å². The number of nitrogens with one attached hydrogen (secondary N) is 1. The highest BCUT2D eigenvalue weighted by atomic mass is 32.1. The molecule has 0 spiro atoms. The lowest BCUT2D eigenvalue weighted by molar-refractivity contribution is -0.123. The molecule has 5 nitrogen and oxygen atoms in total. The van der Waals surface area contributed by atoms with Gasteiger partial charge in [-0.05, 0) is 6.08 Å². The average Bonchev–Trinajstić information content (AvgIpc) is 2.76. The van der Waals surface area contributed by atoms with E-state index in [0.29, 0.717) is 16.4 Å². The first-order valence-electron chi connectivity index (χ1n) is 6.32. The number of aromatic nitrogens is 1. The summed E-state index contributed by atoms with van der Waals surface area (Å²) in [6.07, 6.45) is 2.61. The Kier molecular flexibility index (Phi) is 3.96. The SMILES string of the molecule is CC(C)(C)C(=O)Nc1nc(C2=CC=C(O)CC2O)cs1. The van der Waals surface area contributed by atoms with Crippen molar-refractivity contribution < 1.29 is 15.0 Å². The molecule has 1 aromatic heterocycles. The molecule has 1 amide bonds. The normalized spacial score (nSPS) is 19.3. The highest BCUT2D eigenvalue weighted by Crippen LogP contribution is 2.29. The van der Waals surface area contributed by atoms with Gasteiger partial charge in [0.1, 0.15) is 0 Å². The van der Waals surface area contributed by atoms with Crippen molar-refractivity contribution in [2.45, 2.75) is 33.3 Å². The van der Waals surface area contributed by atoms with E-state index in [2.05, 4.69) is 10.3 Å². The van der Waals surface area contributed by atoms with Crippen molar-refractivity contribution in [1.82, 2.24) is 4.98 Å². The van der Waals surface area contributed by atoms with E-state index in [1.54, 1.807) is 17.5 Å². The van der Waals surface area contributed by atoms with Gasteiger partial charge in [-0.3, -0.25) is 4.79 Å². The molecular formula is C14H18N2O3S. The Morgan fingerprint density at radius 3 is 2.75 bits per heavy atom. The topological polar surface area (TPSA) is 82.5 Å². The maximum Gasteiger partial charge on any atom is 0.231 e. The Balaban J connectivity index is 2.16. The zero-order valence-corrected chi connectivity index (χ0v) is 12.5. The van der Waals surface area contributed by atoms with Gasteiger partial charge in [0.2, 0.25) is 5.91 Å². The summed E-state index contributed by atoms with van der Waals surface area (Å²) in [6, 6.07) is 0. The molecule has 0 bridgehead atoms. The van der Waals surface area contributed by atoms with Crippen molar-refractivity contribution in [3.05, 3.63) is 29.0 Å². The minimum Gasteiger partial charge on any atom is -0.512 e. The van der Waals surface area contributed by atoms with Gasteiger partial charge < -0.3 is 15.5 Å². The number of aliphatic hydroxyl groups excluding tert-OH is 2. The molecule has 1 aliphatic carbocycles. The van der Waals surface area contributed by atoms with Gasteiger partial charge in [-0.2, -0.15) is 0 Å². The van der Waals surface area contributed by atoms with E-state index in [4.69, 9.17) is 0 Å². The van der Waals surface area contributed by atoms with Gasteiger partial charge in [-0.25, -0.2) is 4.98 Å². The zero-order chi connectivity index (χ0) is 14.9. The number of nitrogens with zero attached hydrogens (tertiary/aromatic N) is 1. The molecule has 1 atom stereocenters. The van der Waals surface area contributed by atoms with E-state index in [-0.39, 0.29) is 18.1 Å². The molecule has 20 heavy (non-hydrogen) atoms. The van der Waals surface area contributed by atoms with Crippen molar-refractivity contribution in [2.24, 2.45) is 5.41 Å². The fourth-order valence-electron chi connectivity index (χ4n) is 1.68. The lowest BCUT2D eigenvalue weighted by atomic mass is 9.96. The largest absolute Gasteiger partial charge is 0.512 e. The van der Waals surface area contributed by atoms with Crippen LogP contribution in [0.1, 0.15) is 32.9 Å². The second-order valence-corrected chi connectivity index (χ2v) is 6.60. The molecule has 1 unspecified atom stereocenters. The quantitative estimate of drug-likeness (QED) is 0.783. The number of aliphatic hydroxyl groups is 2. The highest BCUT2D eigenvalue weighted by molar-refractivity contribution is 7.14. The molecule has 1 aliphatic rings. The second kappa shape index (κ2) is 5.38. The van der Waals surface area contributed by atoms with Crippen LogP contribution in [0.4, 0.5) is 5.13 Å². The van der Waals surface area contributed by atoms with Crippen LogP contribution in [-0.2, 0) is 4.79 Å². The fourth-order valence-corrected chi connectivity index (χ4v) is 2.39. The summed E-state index contributed by atoms with van der Waals surface area (Å²) in [4.78, 5) is 16.2. The summed E-state index contributed by atoms with van der Waals surface area (Å²) in [5.74, 6) is 0.0480. The molecular weight excluding hydrogens is 276 g/mol. The predicted octanol–water partition coefficient (Wildman–Crippen LogP) is 2.72. The molecule has 0 saturated carbocycles. The lowest BCUT2D eigenvalue weighted by Crippen LogP contribution is -2.27. The number of carbonyl (C=O) groups is 1. The van der Waals surface area contributed by atoms with Crippen LogP contribution in [0.25, 0.3) is 5.57 Å². The van der Waals surface area contributed by atoms with E-state index < -0.39 is 11.5 Å². The van der Waals surface area contributed by atoms with Gasteiger partial charge in [-0.15, -0.1) is 11.3 Å². The standard InChI is InChI=1S/C14H18N2O3S/c1-14(2,3)12(19)16-13-15-10(7-20-13)9-5-4-8(17)6-11(9)18/h4-5,7,11,17-18H,6H2,1-3H3,(H,15,16,19). The number of amides is 1. The van der Waals surface area contributed by atoms with E-state index in [1.807, 2.05) is 20.8 Å². The van der Waals surface area contributed by atoms with Crippen molar-refractivity contribution in [3.8, 4) is 0 Å². The minimum absolute atomic E-state index is 0.103. The second-order valence-electron chi connectivity index (χ2n) is 5.74. The monoisotopic (exact) mass is 294 g/mol. The molecule has 1 heterocycles. The third-order valence-electron chi connectivity index (χ3n) is 2.92. The van der Waals surface area contributed by atoms with Crippen LogP contribution in [0.2, 0.25) is 0 Å². The summed E-state index contributed by atoms with van der Waals surface area (Å²) in [7, 11) is 0. The molecule has 0 radical (unpaired) electrons. The first-order chi connectivity index (χ1) is 9.27. The number of hydrogen-bond acceptors (Lipinski definition) is 5. The molecule has 1 aromatic rings. The van der Waals surface area contributed by atoms with Gasteiger partial charge in [0.25, 0.3) is 0 Å². The fraction of sp³-hybridized carbons (Fsp3) is 0.429. The predicted molar refractivity (Wildman–Crippen MR) is 79.5 cm³/mol. The Bertz CT molecular complexity index is 581. The minimum atomic E-state index is -0.770. The third kappa shape index (κ3) is 3.26. The first-order valence-corrected chi connectivity index (χ1v) is 7.20. The van der Waals surface area contributed by atoms with Crippen molar-refractivity contribution in [1.29, 1.82) is 0 Å². The van der Waals surface area contributed by atoms with Crippen molar-refractivity contribution in [3.63, 3.8) is 0 Å². The molecule has 3 N–H and O–H groups in total. The molecule has 0 fully saturated rings. The summed E-state index contributed by atoms with van der Waals surface area (Å²) in [6.45, 7) is 5.49. The molecule has 0 saturated heterocycles. The number of thiazole rings is 1. The smallest absolute Gasteiger partial charge is 0.231 e. The van der Waals surface area contributed by atoms with E-state index >= 15 is 0 Å². The van der Waals surface area contributed by atoms with Crippen LogP contribution in [-0.4, -0.2) is 27.2 Å². The summed E-state index contributed by atoms with van der Waals surface area (Å²) >= 11 is 1.31. The summed E-state index contributed by atoms with van der Waals surface area (Å²) in [5.41, 5.74) is 0.787. The van der Waals surface area contributed by atoms with Crippen LogP contribution in [0.3, 0.4) is 0 Å². The number of hydrogen-bond donors (Lipinski definition) is 3. The Morgan fingerprint density at radius 2 is 2.15 bits per heavy atom. The van der Waals surface area contributed by atoms with Gasteiger partial charge >= 0.3 is 0 Å². The van der Waals surface area contributed by atoms with E-state index in [1.165, 1.54) is 11.3 Å². The Morgan fingerprint density at radius 1 is 1.45 bits per heavy atom. The highest BCUT2D eigenvalue weighted by Gasteiger charge is 2.24. The van der Waals surface area contributed by atoms with Gasteiger partial charge in [0, 0.05) is 22.8 Å².